The van der Waals surface area contributed by atoms with E-state index in [4.69, 9.17) is 13.6 Å². The zero-order valence-electron chi connectivity index (χ0n) is 12.6. The van der Waals surface area contributed by atoms with E-state index in [1.54, 1.807) is 12.1 Å². The molecule has 0 bridgehead atoms. The standard InChI is InChI=1S/C15H25O4P/c1-4-6-12-17-20(16,18-13-7-5-2)19-15-10-8-14(3)9-11-15/h8-11H,4-7,12-13H2,1-3H3. The van der Waals surface area contributed by atoms with Crippen molar-refractivity contribution in [3.8, 4) is 5.75 Å². The van der Waals surface area contributed by atoms with Crippen LogP contribution in [0.4, 0.5) is 0 Å². The average molecular weight is 300 g/mol. The van der Waals surface area contributed by atoms with Crippen molar-refractivity contribution in [2.24, 2.45) is 0 Å². The number of phosphoric acid groups is 1. The zero-order chi connectivity index (χ0) is 14.8. The van der Waals surface area contributed by atoms with Crippen molar-refractivity contribution in [3.05, 3.63) is 29.8 Å². The van der Waals surface area contributed by atoms with Gasteiger partial charge in [-0.25, -0.2) is 4.57 Å². The summed E-state index contributed by atoms with van der Waals surface area (Å²) in [6, 6.07) is 7.35. The molecule has 0 fully saturated rings. The number of rotatable bonds is 10. The van der Waals surface area contributed by atoms with Crippen LogP contribution in [-0.2, 0) is 13.6 Å². The highest BCUT2D eigenvalue weighted by atomic mass is 31.2. The summed E-state index contributed by atoms with van der Waals surface area (Å²) in [5, 5.41) is 0. The first-order valence-corrected chi connectivity index (χ1v) is 8.71. The van der Waals surface area contributed by atoms with E-state index in [-0.39, 0.29) is 0 Å². The van der Waals surface area contributed by atoms with Gasteiger partial charge in [0.2, 0.25) is 0 Å². The Morgan fingerprint density at radius 2 is 1.45 bits per heavy atom. The van der Waals surface area contributed by atoms with Crippen molar-refractivity contribution in [1.82, 2.24) is 0 Å². The lowest BCUT2D eigenvalue weighted by atomic mass is 10.2. The van der Waals surface area contributed by atoms with Gasteiger partial charge in [-0.15, -0.1) is 0 Å². The molecule has 0 saturated heterocycles. The van der Waals surface area contributed by atoms with E-state index in [0.717, 1.165) is 31.2 Å². The third-order valence-electron chi connectivity index (χ3n) is 2.73. The molecule has 114 valence electrons. The molecule has 0 aliphatic rings. The summed E-state index contributed by atoms with van der Waals surface area (Å²) in [7, 11) is -3.52. The van der Waals surface area contributed by atoms with E-state index in [1.165, 1.54) is 0 Å². The van der Waals surface area contributed by atoms with Gasteiger partial charge in [0.25, 0.3) is 0 Å². The van der Waals surface area contributed by atoms with Gasteiger partial charge in [0.15, 0.2) is 0 Å². The van der Waals surface area contributed by atoms with Crippen LogP contribution in [0.25, 0.3) is 0 Å². The minimum atomic E-state index is -3.52. The Labute approximate surface area is 122 Å². The molecule has 1 aromatic carbocycles. The summed E-state index contributed by atoms with van der Waals surface area (Å²) < 4.78 is 28.7. The van der Waals surface area contributed by atoms with Crippen LogP contribution < -0.4 is 4.52 Å². The highest BCUT2D eigenvalue weighted by Gasteiger charge is 2.28. The second-order valence-electron chi connectivity index (χ2n) is 4.73. The van der Waals surface area contributed by atoms with Gasteiger partial charge >= 0.3 is 7.82 Å². The number of aryl methyl sites for hydroxylation is 1. The third-order valence-corrected chi connectivity index (χ3v) is 4.16. The normalized spacial score (nSPS) is 11.6. The van der Waals surface area contributed by atoms with E-state index in [9.17, 15) is 4.57 Å². The molecule has 5 heteroatoms. The maximum Gasteiger partial charge on any atom is 0.530 e. The fourth-order valence-corrected chi connectivity index (χ4v) is 2.72. The maximum atomic E-state index is 12.6. The van der Waals surface area contributed by atoms with Gasteiger partial charge in [-0.1, -0.05) is 44.4 Å². The highest BCUT2D eigenvalue weighted by molar-refractivity contribution is 7.48. The summed E-state index contributed by atoms with van der Waals surface area (Å²) >= 11 is 0. The van der Waals surface area contributed by atoms with Gasteiger partial charge in [0.1, 0.15) is 5.75 Å². The number of unbranched alkanes of at least 4 members (excludes halogenated alkanes) is 2. The predicted molar refractivity (Wildman–Crippen MR) is 81.1 cm³/mol. The number of phosphoric ester groups is 1. The molecule has 0 aromatic heterocycles. The monoisotopic (exact) mass is 300 g/mol. The average Bonchev–Trinajstić information content (AvgIpc) is 2.42. The Morgan fingerprint density at radius 1 is 0.950 bits per heavy atom. The molecule has 0 atom stereocenters. The van der Waals surface area contributed by atoms with E-state index in [2.05, 4.69) is 0 Å². The van der Waals surface area contributed by atoms with E-state index >= 15 is 0 Å². The van der Waals surface area contributed by atoms with Crippen LogP contribution in [0.15, 0.2) is 24.3 Å². The molecule has 0 N–H and O–H groups in total. The van der Waals surface area contributed by atoms with Gasteiger partial charge < -0.3 is 4.52 Å². The minimum absolute atomic E-state index is 0.381. The molecule has 0 spiro atoms. The lowest BCUT2D eigenvalue weighted by Crippen LogP contribution is -2.05. The van der Waals surface area contributed by atoms with Gasteiger partial charge in [-0.3, -0.25) is 9.05 Å². The SMILES string of the molecule is CCCCOP(=O)(OCCCC)Oc1ccc(C)cc1. The topological polar surface area (TPSA) is 44.8 Å². The van der Waals surface area contributed by atoms with E-state index in [1.807, 2.05) is 32.9 Å². The van der Waals surface area contributed by atoms with Crippen LogP contribution in [0.5, 0.6) is 5.75 Å². The Hall–Kier alpha value is -0.830. The number of hydrogen-bond acceptors (Lipinski definition) is 4. The van der Waals surface area contributed by atoms with Gasteiger partial charge in [-0.2, -0.15) is 0 Å². The molecule has 0 aliphatic heterocycles. The molecule has 20 heavy (non-hydrogen) atoms. The third kappa shape index (κ3) is 6.56. The first-order valence-electron chi connectivity index (χ1n) is 7.25. The highest BCUT2D eigenvalue weighted by Crippen LogP contribution is 2.49. The van der Waals surface area contributed by atoms with E-state index in [0.29, 0.717) is 19.0 Å². The van der Waals surface area contributed by atoms with Crippen molar-refractivity contribution >= 4 is 7.82 Å². The van der Waals surface area contributed by atoms with Crippen molar-refractivity contribution in [2.45, 2.75) is 46.5 Å². The van der Waals surface area contributed by atoms with Crippen LogP contribution in [0, 0.1) is 6.92 Å². The van der Waals surface area contributed by atoms with Crippen LogP contribution in [-0.4, -0.2) is 13.2 Å². The molecule has 0 heterocycles. The van der Waals surface area contributed by atoms with Gasteiger partial charge in [0, 0.05) is 0 Å². The lowest BCUT2D eigenvalue weighted by Gasteiger charge is -2.18. The Bertz CT molecular complexity index is 402. The molecule has 0 aliphatic carbocycles. The van der Waals surface area contributed by atoms with E-state index < -0.39 is 7.82 Å². The Kier molecular flexibility index (Phi) is 7.90. The predicted octanol–water partition coefficient (Wildman–Crippen LogP) is 5.12. The van der Waals surface area contributed by atoms with Crippen LogP contribution >= 0.6 is 7.82 Å². The summed E-state index contributed by atoms with van der Waals surface area (Å²) in [4.78, 5) is 0. The lowest BCUT2D eigenvalue weighted by molar-refractivity contribution is 0.152. The van der Waals surface area contributed by atoms with Crippen molar-refractivity contribution in [1.29, 1.82) is 0 Å². The fraction of sp³-hybridized carbons (Fsp3) is 0.600. The Balaban J connectivity index is 2.64. The first kappa shape index (κ1) is 17.2. The number of hydrogen-bond donors (Lipinski definition) is 0. The molecule has 1 rings (SSSR count). The minimum Gasteiger partial charge on any atom is -0.404 e. The van der Waals surface area contributed by atoms with Crippen LogP contribution in [0.2, 0.25) is 0 Å². The largest absolute Gasteiger partial charge is 0.530 e. The van der Waals surface area contributed by atoms with Gasteiger partial charge in [-0.05, 0) is 31.9 Å². The molecular formula is C15H25O4P. The molecule has 0 unspecified atom stereocenters. The summed E-state index contributed by atoms with van der Waals surface area (Å²) in [5.74, 6) is 0.506. The fourth-order valence-electron chi connectivity index (χ4n) is 1.46. The summed E-state index contributed by atoms with van der Waals surface area (Å²) in [6.45, 7) is 6.84. The molecule has 0 saturated carbocycles. The van der Waals surface area contributed by atoms with Gasteiger partial charge in [0.05, 0.1) is 13.2 Å². The molecule has 4 nitrogen and oxygen atoms in total. The first-order chi connectivity index (χ1) is 9.59. The Morgan fingerprint density at radius 3 is 1.90 bits per heavy atom. The van der Waals surface area contributed by atoms with Crippen LogP contribution in [0.3, 0.4) is 0 Å². The second kappa shape index (κ2) is 9.17. The summed E-state index contributed by atoms with van der Waals surface area (Å²) in [6.07, 6.45) is 3.61. The smallest absolute Gasteiger partial charge is 0.404 e. The molecular weight excluding hydrogens is 275 g/mol. The quantitative estimate of drug-likeness (QED) is 0.444. The van der Waals surface area contributed by atoms with Crippen molar-refractivity contribution in [2.75, 3.05) is 13.2 Å². The maximum absolute atomic E-state index is 12.6. The van der Waals surface area contributed by atoms with Crippen LogP contribution in [0.1, 0.15) is 45.1 Å². The zero-order valence-corrected chi connectivity index (χ0v) is 13.5. The van der Waals surface area contributed by atoms with Crippen molar-refractivity contribution < 1.29 is 18.1 Å². The number of benzene rings is 1. The van der Waals surface area contributed by atoms with Crippen molar-refractivity contribution in [3.63, 3.8) is 0 Å². The molecule has 0 amide bonds. The molecule has 0 radical (unpaired) electrons. The summed E-state index contributed by atoms with van der Waals surface area (Å²) in [5.41, 5.74) is 1.12. The molecule has 1 aromatic rings. The second-order valence-corrected chi connectivity index (χ2v) is 6.32.